The van der Waals surface area contributed by atoms with Gasteiger partial charge in [0.2, 0.25) is 5.78 Å². The molecule has 94 valence electrons. The minimum Gasteiger partial charge on any atom is -0.496 e. The van der Waals surface area contributed by atoms with E-state index < -0.39 is 0 Å². The van der Waals surface area contributed by atoms with E-state index in [2.05, 4.69) is 31.9 Å². The Morgan fingerprint density at radius 2 is 2.00 bits per heavy atom. The number of hydrogen-bond acceptors (Lipinski definition) is 3. The number of halogens is 2. The van der Waals surface area contributed by atoms with Crippen molar-refractivity contribution in [3.8, 4) is 5.75 Å². The first-order chi connectivity index (χ1) is 8.52. The fourth-order valence-corrected chi connectivity index (χ4v) is 3.56. The quantitative estimate of drug-likeness (QED) is 0.703. The average Bonchev–Trinajstić information content (AvgIpc) is 2.68. The second kappa shape index (κ2) is 5.55. The van der Waals surface area contributed by atoms with Crippen molar-refractivity contribution in [2.45, 2.75) is 6.92 Å². The van der Waals surface area contributed by atoms with Gasteiger partial charge in [0.1, 0.15) is 5.75 Å². The molecule has 0 saturated heterocycles. The lowest BCUT2D eigenvalue weighted by Gasteiger charge is -2.04. The number of hydrogen-bond donors (Lipinski definition) is 0. The molecule has 1 aromatic carbocycles. The van der Waals surface area contributed by atoms with Crippen LogP contribution < -0.4 is 4.74 Å². The number of thiophene rings is 1. The summed E-state index contributed by atoms with van der Waals surface area (Å²) >= 11 is 8.27. The molecule has 0 spiro atoms. The largest absolute Gasteiger partial charge is 0.496 e. The number of carbonyl (C=O) groups is 1. The van der Waals surface area contributed by atoms with E-state index in [0.29, 0.717) is 5.56 Å². The van der Waals surface area contributed by atoms with Crippen LogP contribution in [0.5, 0.6) is 5.75 Å². The highest BCUT2D eigenvalue weighted by Gasteiger charge is 2.14. The van der Waals surface area contributed by atoms with Gasteiger partial charge in [-0.15, -0.1) is 11.3 Å². The maximum absolute atomic E-state index is 12.3. The Morgan fingerprint density at radius 3 is 2.50 bits per heavy atom. The van der Waals surface area contributed by atoms with Gasteiger partial charge in [-0.2, -0.15) is 0 Å². The predicted octanol–water partition coefficient (Wildman–Crippen LogP) is 4.82. The lowest BCUT2D eigenvalue weighted by atomic mass is 10.1. The maximum atomic E-state index is 12.3. The summed E-state index contributed by atoms with van der Waals surface area (Å²) in [6, 6.07) is 7.24. The number of benzene rings is 1. The molecule has 0 fully saturated rings. The van der Waals surface area contributed by atoms with Crippen LogP contribution in [0.3, 0.4) is 0 Å². The van der Waals surface area contributed by atoms with Crippen LogP contribution in [0, 0.1) is 6.92 Å². The van der Waals surface area contributed by atoms with E-state index in [1.54, 1.807) is 25.3 Å². The zero-order valence-corrected chi connectivity index (χ0v) is 13.8. The number of aryl methyl sites for hydroxylation is 1. The molecule has 0 unspecified atom stereocenters. The van der Waals surface area contributed by atoms with Gasteiger partial charge in [0.15, 0.2) is 0 Å². The van der Waals surface area contributed by atoms with E-state index in [-0.39, 0.29) is 5.78 Å². The average molecular weight is 390 g/mol. The number of methoxy groups -OCH3 is 1. The van der Waals surface area contributed by atoms with E-state index in [4.69, 9.17) is 4.74 Å². The van der Waals surface area contributed by atoms with Crippen LogP contribution in [-0.2, 0) is 0 Å². The van der Waals surface area contributed by atoms with Crippen molar-refractivity contribution < 1.29 is 9.53 Å². The Labute approximate surface area is 126 Å². The summed E-state index contributed by atoms with van der Waals surface area (Å²) < 4.78 is 6.92. The van der Waals surface area contributed by atoms with Gasteiger partial charge in [-0.05, 0) is 68.6 Å². The number of ether oxygens (including phenoxy) is 1. The number of rotatable bonds is 3. The van der Waals surface area contributed by atoms with E-state index in [9.17, 15) is 4.79 Å². The van der Waals surface area contributed by atoms with E-state index in [0.717, 1.165) is 24.4 Å². The number of ketones is 1. The van der Waals surface area contributed by atoms with Gasteiger partial charge in [-0.1, -0.05) is 0 Å². The van der Waals surface area contributed by atoms with Crippen molar-refractivity contribution in [2.24, 2.45) is 0 Å². The zero-order valence-electron chi connectivity index (χ0n) is 9.79. The Morgan fingerprint density at radius 1 is 1.28 bits per heavy atom. The molecule has 0 N–H and O–H groups in total. The molecule has 0 atom stereocenters. The van der Waals surface area contributed by atoms with Crippen LogP contribution in [0.2, 0.25) is 0 Å². The molecule has 0 saturated carbocycles. The third-order valence-corrected chi connectivity index (χ3v) is 5.25. The van der Waals surface area contributed by atoms with Gasteiger partial charge in [-0.3, -0.25) is 4.79 Å². The van der Waals surface area contributed by atoms with E-state index >= 15 is 0 Å². The van der Waals surface area contributed by atoms with Crippen LogP contribution in [0.4, 0.5) is 0 Å². The molecule has 0 amide bonds. The summed E-state index contributed by atoms with van der Waals surface area (Å²) in [5.41, 5.74) is 1.73. The summed E-state index contributed by atoms with van der Waals surface area (Å²) in [6.07, 6.45) is 0. The first-order valence-electron chi connectivity index (χ1n) is 5.17. The third kappa shape index (κ3) is 2.68. The van der Waals surface area contributed by atoms with Gasteiger partial charge in [-0.25, -0.2) is 0 Å². The monoisotopic (exact) mass is 388 g/mol. The first-order valence-corrected chi connectivity index (χ1v) is 7.57. The molecule has 2 nitrogen and oxygen atoms in total. The second-order valence-corrected chi connectivity index (χ2v) is 6.97. The minimum atomic E-state index is 0.0251. The van der Waals surface area contributed by atoms with Crippen LogP contribution in [0.1, 0.15) is 20.8 Å². The molecule has 2 rings (SSSR count). The smallest absolute Gasteiger partial charge is 0.203 e. The fourth-order valence-electron chi connectivity index (χ4n) is 1.52. The van der Waals surface area contributed by atoms with Crippen LogP contribution in [-0.4, -0.2) is 12.9 Å². The maximum Gasteiger partial charge on any atom is 0.203 e. The van der Waals surface area contributed by atoms with Gasteiger partial charge >= 0.3 is 0 Å². The highest BCUT2D eigenvalue weighted by Crippen LogP contribution is 2.31. The highest BCUT2D eigenvalue weighted by molar-refractivity contribution is 9.11. The molecule has 0 aliphatic carbocycles. The van der Waals surface area contributed by atoms with Gasteiger partial charge < -0.3 is 4.74 Å². The summed E-state index contributed by atoms with van der Waals surface area (Å²) in [6.45, 7) is 1.97. The zero-order chi connectivity index (χ0) is 13.3. The van der Waals surface area contributed by atoms with Gasteiger partial charge in [0.25, 0.3) is 0 Å². The molecule has 2 aromatic rings. The highest BCUT2D eigenvalue weighted by atomic mass is 79.9. The standard InChI is InChI=1S/C13H10Br2O2S/c1-7-5-11(18-13(7)15)12(16)8-3-4-10(17-2)9(14)6-8/h3-6H,1-2H3. The topological polar surface area (TPSA) is 26.3 Å². The predicted molar refractivity (Wildman–Crippen MR) is 80.9 cm³/mol. The Balaban J connectivity index is 2.37. The number of carbonyl (C=O) groups excluding carboxylic acids is 1. The van der Waals surface area contributed by atoms with Crippen LogP contribution in [0.15, 0.2) is 32.5 Å². The molecule has 5 heteroatoms. The summed E-state index contributed by atoms with van der Waals surface area (Å²) in [5, 5.41) is 0. The normalized spacial score (nSPS) is 10.4. The van der Waals surface area contributed by atoms with Gasteiger partial charge in [0, 0.05) is 5.56 Å². The lowest BCUT2D eigenvalue weighted by Crippen LogP contribution is -1.99. The summed E-state index contributed by atoms with van der Waals surface area (Å²) in [4.78, 5) is 13.0. The lowest BCUT2D eigenvalue weighted by molar-refractivity contribution is 0.104. The Hall–Kier alpha value is -0.650. The van der Waals surface area contributed by atoms with Crippen molar-refractivity contribution in [2.75, 3.05) is 7.11 Å². The molecule has 18 heavy (non-hydrogen) atoms. The molecular weight excluding hydrogens is 380 g/mol. The third-order valence-electron chi connectivity index (χ3n) is 2.49. The van der Waals surface area contributed by atoms with E-state index in [1.807, 2.05) is 13.0 Å². The van der Waals surface area contributed by atoms with Crippen molar-refractivity contribution in [1.29, 1.82) is 0 Å². The summed E-state index contributed by atoms with van der Waals surface area (Å²) in [7, 11) is 1.60. The molecule has 1 aromatic heterocycles. The summed E-state index contributed by atoms with van der Waals surface area (Å²) in [5.74, 6) is 0.743. The second-order valence-electron chi connectivity index (χ2n) is 3.75. The van der Waals surface area contributed by atoms with Crippen molar-refractivity contribution in [3.63, 3.8) is 0 Å². The van der Waals surface area contributed by atoms with Crippen molar-refractivity contribution in [3.05, 3.63) is 48.5 Å². The Kier molecular flexibility index (Phi) is 4.25. The fraction of sp³-hybridized carbons (Fsp3) is 0.154. The van der Waals surface area contributed by atoms with Crippen LogP contribution >= 0.6 is 43.2 Å². The first kappa shape index (κ1) is 13.8. The minimum absolute atomic E-state index is 0.0251. The Bertz CT molecular complexity index is 586. The van der Waals surface area contributed by atoms with E-state index in [1.165, 1.54) is 11.3 Å². The van der Waals surface area contributed by atoms with Crippen molar-refractivity contribution in [1.82, 2.24) is 0 Å². The van der Waals surface area contributed by atoms with Gasteiger partial charge in [0.05, 0.1) is 20.2 Å². The molecule has 0 aliphatic heterocycles. The SMILES string of the molecule is COc1ccc(C(=O)c2cc(C)c(Br)s2)cc1Br. The van der Waals surface area contributed by atoms with Crippen LogP contribution in [0.25, 0.3) is 0 Å². The molecule has 0 radical (unpaired) electrons. The molecule has 1 heterocycles. The molecular formula is C13H10Br2O2S. The molecule has 0 bridgehead atoms. The van der Waals surface area contributed by atoms with Crippen molar-refractivity contribution >= 4 is 49.0 Å². The molecule has 0 aliphatic rings.